The van der Waals surface area contributed by atoms with Crippen LogP contribution in [0.15, 0.2) is 30.5 Å². The molecule has 0 N–H and O–H groups in total. The number of hydrogen-bond donors (Lipinski definition) is 0. The van der Waals surface area contributed by atoms with E-state index in [-0.39, 0.29) is 11.9 Å². The predicted molar refractivity (Wildman–Crippen MR) is 68.2 cm³/mol. The summed E-state index contributed by atoms with van der Waals surface area (Å²) in [6, 6.07) is 7.72. The molecule has 0 spiro atoms. The maximum absolute atomic E-state index is 12.0. The molecule has 3 rings (SSSR count). The molecule has 0 saturated carbocycles. The molecule has 4 heteroatoms. The third-order valence-electron chi connectivity index (χ3n) is 3.42. The number of hydrogen-bond acceptors (Lipinski definition) is 1. The van der Waals surface area contributed by atoms with E-state index >= 15 is 0 Å². The van der Waals surface area contributed by atoms with E-state index in [2.05, 4.69) is 4.57 Å². The van der Waals surface area contributed by atoms with Gasteiger partial charge in [0.1, 0.15) is 6.04 Å². The minimum atomic E-state index is -0.0568. The Hall–Kier alpha value is -1.48. The number of carbonyl (C=O) groups excluding carboxylic acids is 1. The van der Waals surface area contributed by atoms with Crippen molar-refractivity contribution in [1.82, 2.24) is 9.47 Å². The minimum absolute atomic E-state index is 0.0568. The van der Waals surface area contributed by atoms with Crippen molar-refractivity contribution in [3.05, 3.63) is 35.5 Å². The van der Waals surface area contributed by atoms with Crippen LogP contribution in [0, 0.1) is 0 Å². The van der Waals surface area contributed by atoms with Crippen molar-refractivity contribution in [3.63, 3.8) is 0 Å². The molecule has 1 aromatic heterocycles. The molecule has 2 heterocycles. The molecule has 3 nitrogen and oxygen atoms in total. The van der Waals surface area contributed by atoms with Crippen molar-refractivity contribution in [2.45, 2.75) is 12.5 Å². The molecule has 1 amide bonds. The monoisotopic (exact) mass is 248 g/mol. The van der Waals surface area contributed by atoms with E-state index in [4.69, 9.17) is 11.6 Å². The van der Waals surface area contributed by atoms with Crippen LogP contribution >= 0.6 is 11.6 Å². The number of likely N-dealkylation sites (N-methyl/N-ethyl adjacent to an activating group) is 1. The van der Waals surface area contributed by atoms with Crippen molar-refractivity contribution in [1.29, 1.82) is 0 Å². The van der Waals surface area contributed by atoms with Gasteiger partial charge in [-0.25, -0.2) is 0 Å². The summed E-state index contributed by atoms with van der Waals surface area (Å²) in [6.45, 7) is 0.830. The van der Waals surface area contributed by atoms with E-state index in [0.717, 1.165) is 28.9 Å². The molecular formula is C13H13ClN2O. The maximum Gasteiger partial charge on any atom is 0.245 e. The van der Waals surface area contributed by atoms with Gasteiger partial charge < -0.3 is 9.47 Å². The number of halogens is 1. The summed E-state index contributed by atoms with van der Waals surface area (Å²) in [4.78, 5) is 13.8. The van der Waals surface area contributed by atoms with Crippen LogP contribution < -0.4 is 0 Å². The van der Waals surface area contributed by atoms with Crippen LogP contribution in [0.3, 0.4) is 0 Å². The highest BCUT2D eigenvalue weighted by molar-refractivity contribution is 6.31. The lowest BCUT2D eigenvalue weighted by atomic mass is 10.2. The van der Waals surface area contributed by atoms with E-state index in [1.807, 2.05) is 37.5 Å². The number of rotatable bonds is 1. The quantitative estimate of drug-likeness (QED) is 0.762. The molecule has 2 aromatic rings. The molecule has 1 aromatic carbocycles. The van der Waals surface area contributed by atoms with Gasteiger partial charge in [0.25, 0.3) is 0 Å². The van der Waals surface area contributed by atoms with Crippen LogP contribution in [0.25, 0.3) is 10.9 Å². The van der Waals surface area contributed by atoms with Crippen molar-refractivity contribution >= 4 is 28.4 Å². The average Bonchev–Trinajstić information content (AvgIpc) is 2.84. The number of amides is 1. The second-order valence-corrected chi connectivity index (χ2v) is 4.93. The van der Waals surface area contributed by atoms with Gasteiger partial charge >= 0.3 is 0 Å². The topological polar surface area (TPSA) is 25.2 Å². The smallest absolute Gasteiger partial charge is 0.245 e. The highest BCUT2D eigenvalue weighted by Crippen LogP contribution is 2.28. The Kier molecular flexibility index (Phi) is 2.37. The molecular weight excluding hydrogens is 236 g/mol. The van der Waals surface area contributed by atoms with E-state index < -0.39 is 0 Å². The average molecular weight is 249 g/mol. The van der Waals surface area contributed by atoms with Crippen LogP contribution in [0.2, 0.25) is 5.02 Å². The molecule has 1 saturated heterocycles. The van der Waals surface area contributed by atoms with Crippen LogP contribution in [-0.2, 0) is 4.79 Å². The van der Waals surface area contributed by atoms with Gasteiger partial charge in [0.15, 0.2) is 0 Å². The second kappa shape index (κ2) is 3.77. The summed E-state index contributed by atoms with van der Waals surface area (Å²) in [5.41, 5.74) is 1.07. The molecule has 88 valence electrons. The van der Waals surface area contributed by atoms with Crippen LogP contribution in [0.5, 0.6) is 0 Å². The zero-order chi connectivity index (χ0) is 12.0. The first kappa shape index (κ1) is 10.7. The van der Waals surface area contributed by atoms with Gasteiger partial charge in [-0.1, -0.05) is 11.6 Å². The van der Waals surface area contributed by atoms with Crippen molar-refractivity contribution in [2.75, 3.05) is 13.6 Å². The Morgan fingerprint density at radius 3 is 2.88 bits per heavy atom. The Morgan fingerprint density at radius 2 is 2.18 bits per heavy atom. The summed E-state index contributed by atoms with van der Waals surface area (Å²) in [5, 5.41) is 1.81. The molecule has 1 fully saturated rings. The molecule has 17 heavy (non-hydrogen) atoms. The third-order valence-corrected chi connectivity index (χ3v) is 3.65. The van der Waals surface area contributed by atoms with Gasteiger partial charge in [-0.05, 0) is 30.7 Å². The SMILES string of the molecule is CN1CCC(n2ccc3cc(Cl)ccc32)C1=O. The van der Waals surface area contributed by atoms with Gasteiger partial charge in [-0.2, -0.15) is 0 Å². The van der Waals surface area contributed by atoms with E-state index in [9.17, 15) is 4.79 Å². The summed E-state index contributed by atoms with van der Waals surface area (Å²) in [6.07, 6.45) is 2.85. The fraction of sp³-hybridized carbons (Fsp3) is 0.308. The number of likely N-dealkylation sites (tertiary alicyclic amines) is 1. The lowest BCUT2D eigenvalue weighted by molar-refractivity contribution is -0.129. The number of fused-ring (bicyclic) bond motifs is 1. The lowest BCUT2D eigenvalue weighted by Gasteiger charge is -2.13. The molecule has 0 radical (unpaired) electrons. The fourth-order valence-corrected chi connectivity index (χ4v) is 2.65. The van der Waals surface area contributed by atoms with Gasteiger partial charge in [-0.15, -0.1) is 0 Å². The van der Waals surface area contributed by atoms with Gasteiger partial charge in [0, 0.05) is 35.7 Å². The van der Waals surface area contributed by atoms with Crippen LogP contribution in [0.1, 0.15) is 12.5 Å². The van der Waals surface area contributed by atoms with Gasteiger partial charge in [-0.3, -0.25) is 4.79 Å². The summed E-state index contributed by atoms with van der Waals surface area (Å²) < 4.78 is 2.05. The largest absolute Gasteiger partial charge is 0.344 e. The third kappa shape index (κ3) is 1.62. The Balaban J connectivity index is 2.09. The van der Waals surface area contributed by atoms with Crippen LogP contribution in [-0.4, -0.2) is 29.0 Å². The highest BCUT2D eigenvalue weighted by atomic mass is 35.5. The zero-order valence-electron chi connectivity index (χ0n) is 9.56. The number of aromatic nitrogens is 1. The summed E-state index contributed by atoms with van der Waals surface area (Å²) in [5.74, 6) is 0.192. The molecule has 0 bridgehead atoms. The minimum Gasteiger partial charge on any atom is -0.344 e. The molecule has 1 atom stereocenters. The molecule has 1 unspecified atom stereocenters. The van der Waals surface area contributed by atoms with E-state index in [0.29, 0.717) is 0 Å². The van der Waals surface area contributed by atoms with E-state index in [1.165, 1.54) is 0 Å². The molecule has 0 aliphatic carbocycles. The maximum atomic E-state index is 12.0. The predicted octanol–water partition coefficient (Wildman–Crippen LogP) is 2.70. The number of carbonyl (C=O) groups is 1. The fourth-order valence-electron chi connectivity index (χ4n) is 2.47. The second-order valence-electron chi connectivity index (χ2n) is 4.49. The molecule has 1 aliphatic rings. The number of nitrogens with zero attached hydrogens (tertiary/aromatic N) is 2. The summed E-state index contributed by atoms with van der Waals surface area (Å²) in [7, 11) is 1.85. The number of benzene rings is 1. The normalized spacial score (nSPS) is 20.5. The highest BCUT2D eigenvalue weighted by Gasteiger charge is 2.30. The lowest BCUT2D eigenvalue weighted by Crippen LogP contribution is -2.24. The van der Waals surface area contributed by atoms with Crippen LogP contribution in [0.4, 0.5) is 0 Å². The van der Waals surface area contributed by atoms with Gasteiger partial charge in [0.05, 0.1) is 0 Å². The summed E-state index contributed by atoms with van der Waals surface area (Å²) >= 11 is 5.96. The standard InChI is InChI=1S/C13H13ClN2O/c1-15-6-5-12(13(15)17)16-7-4-9-8-10(14)2-3-11(9)16/h2-4,7-8,12H,5-6H2,1H3. The van der Waals surface area contributed by atoms with Crippen molar-refractivity contribution in [2.24, 2.45) is 0 Å². The first-order chi connectivity index (χ1) is 8.16. The Bertz CT molecular complexity index is 590. The first-order valence-electron chi connectivity index (χ1n) is 5.68. The first-order valence-corrected chi connectivity index (χ1v) is 6.06. The van der Waals surface area contributed by atoms with Crippen molar-refractivity contribution in [3.8, 4) is 0 Å². The Morgan fingerprint density at radius 1 is 1.35 bits per heavy atom. The molecule has 1 aliphatic heterocycles. The van der Waals surface area contributed by atoms with Gasteiger partial charge in [0.2, 0.25) is 5.91 Å². The zero-order valence-corrected chi connectivity index (χ0v) is 10.3. The van der Waals surface area contributed by atoms with Crippen molar-refractivity contribution < 1.29 is 4.79 Å². The Labute approximate surface area is 105 Å². The van der Waals surface area contributed by atoms with E-state index in [1.54, 1.807) is 4.90 Å².